The van der Waals surface area contributed by atoms with Crippen LogP contribution in [-0.4, -0.2) is 39.7 Å². The van der Waals surface area contributed by atoms with Gasteiger partial charge in [0.25, 0.3) is 5.91 Å². The lowest BCUT2D eigenvalue weighted by atomic mass is 10.0. The van der Waals surface area contributed by atoms with Crippen LogP contribution in [0.25, 0.3) is 0 Å². The maximum absolute atomic E-state index is 13.7. The van der Waals surface area contributed by atoms with Gasteiger partial charge in [0.2, 0.25) is 0 Å². The van der Waals surface area contributed by atoms with Crippen molar-refractivity contribution in [3.05, 3.63) is 52.9 Å². The molecule has 0 saturated carbocycles. The van der Waals surface area contributed by atoms with Crippen molar-refractivity contribution >= 4 is 5.91 Å². The van der Waals surface area contributed by atoms with Gasteiger partial charge in [-0.2, -0.15) is 5.10 Å². The summed E-state index contributed by atoms with van der Waals surface area (Å²) in [4.78, 5) is 14.4. The first-order valence-electron chi connectivity index (χ1n) is 8.40. The molecule has 1 aliphatic heterocycles. The summed E-state index contributed by atoms with van der Waals surface area (Å²) in [6, 6.07) is 5.37. The van der Waals surface area contributed by atoms with Gasteiger partial charge < -0.3 is 5.32 Å². The average molecular weight is 348 g/mol. The highest BCUT2D eigenvalue weighted by molar-refractivity contribution is 5.92. The van der Waals surface area contributed by atoms with E-state index in [9.17, 15) is 13.6 Å². The second kappa shape index (κ2) is 7.31. The Morgan fingerprint density at radius 1 is 1.28 bits per heavy atom. The van der Waals surface area contributed by atoms with Gasteiger partial charge in [0, 0.05) is 38.3 Å². The van der Waals surface area contributed by atoms with E-state index in [1.165, 1.54) is 6.07 Å². The molecule has 0 unspecified atom stereocenters. The summed E-state index contributed by atoms with van der Waals surface area (Å²) in [7, 11) is 1.75. The number of likely N-dealkylation sites (tertiary alicyclic amines) is 1. The number of aromatic nitrogens is 2. The van der Waals surface area contributed by atoms with Crippen molar-refractivity contribution < 1.29 is 13.6 Å². The Balaban J connectivity index is 1.52. The highest BCUT2D eigenvalue weighted by Crippen LogP contribution is 2.17. The van der Waals surface area contributed by atoms with E-state index in [1.807, 2.05) is 6.92 Å². The van der Waals surface area contributed by atoms with Gasteiger partial charge in [0.05, 0.1) is 5.69 Å². The summed E-state index contributed by atoms with van der Waals surface area (Å²) in [6.07, 6.45) is 1.55. The number of nitrogens with zero attached hydrogens (tertiary/aromatic N) is 3. The summed E-state index contributed by atoms with van der Waals surface area (Å²) in [6.45, 7) is 3.68. The van der Waals surface area contributed by atoms with E-state index in [0.717, 1.165) is 43.8 Å². The normalized spacial score (nSPS) is 16.2. The third kappa shape index (κ3) is 4.22. The van der Waals surface area contributed by atoms with Gasteiger partial charge >= 0.3 is 0 Å². The molecule has 0 aliphatic carbocycles. The van der Waals surface area contributed by atoms with E-state index in [4.69, 9.17) is 0 Å². The molecule has 2 heterocycles. The Hall–Kier alpha value is -2.28. The van der Waals surface area contributed by atoms with Gasteiger partial charge in [-0.1, -0.05) is 0 Å². The molecule has 0 spiro atoms. The van der Waals surface area contributed by atoms with E-state index < -0.39 is 5.82 Å². The molecule has 7 heteroatoms. The molecule has 0 radical (unpaired) electrons. The zero-order valence-electron chi connectivity index (χ0n) is 14.4. The number of halogens is 2. The van der Waals surface area contributed by atoms with Gasteiger partial charge in [-0.05, 0) is 44.0 Å². The zero-order chi connectivity index (χ0) is 18.0. The molecule has 134 valence electrons. The first kappa shape index (κ1) is 17.5. The molecule has 5 nitrogen and oxygen atoms in total. The molecule has 1 aromatic carbocycles. The number of rotatable bonds is 4. The largest absolute Gasteiger partial charge is 0.348 e. The molecule has 1 amide bonds. The summed E-state index contributed by atoms with van der Waals surface area (Å²) in [5, 5.41) is 7.21. The number of benzene rings is 1. The lowest BCUT2D eigenvalue weighted by Crippen LogP contribution is -2.44. The van der Waals surface area contributed by atoms with Crippen LogP contribution >= 0.6 is 0 Å². The van der Waals surface area contributed by atoms with Gasteiger partial charge in [0.1, 0.15) is 17.3 Å². The SMILES string of the molecule is Cc1cc(C(=O)NC2CCN(Cc3cc(F)ccc3F)CC2)n(C)n1. The summed E-state index contributed by atoms with van der Waals surface area (Å²) in [5.74, 6) is -0.939. The molecule has 1 fully saturated rings. The van der Waals surface area contributed by atoms with Crippen LogP contribution in [0.1, 0.15) is 34.6 Å². The maximum Gasteiger partial charge on any atom is 0.269 e. The molecule has 1 aliphatic rings. The smallest absolute Gasteiger partial charge is 0.269 e. The van der Waals surface area contributed by atoms with E-state index in [1.54, 1.807) is 17.8 Å². The van der Waals surface area contributed by atoms with Crippen LogP contribution < -0.4 is 5.32 Å². The van der Waals surface area contributed by atoms with Crippen LogP contribution in [0.3, 0.4) is 0 Å². The molecule has 3 rings (SSSR count). The molecule has 1 N–H and O–H groups in total. The number of carbonyl (C=O) groups excluding carboxylic acids is 1. The number of aryl methyl sites for hydroxylation is 2. The number of piperidine rings is 1. The van der Waals surface area contributed by atoms with Gasteiger partial charge in [-0.15, -0.1) is 0 Å². The Morgan fingerprint density at radius 3 is 2.64 bits per heavy atom. The van der Waals surface area contributed by atoms with E-state index in [2.05, 4.69) is 15.3 Å². The molecule has 1 aromatic heterocycles. The Kier molecular flexibility index (Phi) is 5.13. The van der Waals surface area contributed by atoms with Crippen molar-refractivity contribution in [1.29, 1.82) is 0 Å². The van der Waals surface area contributed by atoms with Crippen LogP contribution in [0, 0.1) is 18.6 Å². The van der Waals surface area contributed by atoms with Gasteiger partial charge in [-0.25, -0.2) is 8.78 Å². The van der Waals surface area contributed by atoms with Crippen molar-refractivity contribution in [3.63, 3.8) is 0 Å². The monoisotopic (exact) mass is 348 g/mol. The van der Waals surface area contributed by atoms with Crippen molar-refractivity contribution in [1.82, 2.24) is 20.0 Å². The average Bonchev–Trinajstić information content (AvgIpc) is 2.91. The third-order valence-corrected chi connectivity index (χ3v) is 4.56. The second-order valence-electron chi connectivity index (χ2n) is 6.55. The summed E-state index contributed by atoms with van der Waals surface area (Å²) < 4.78 is 28.6. The maximum atomic E-state index is 13.7. The number of amides is 1. The minimum absolute atomic E-state index is 0.0799. The van der Waals surface area contributed by atoms with E-state index >= 15 is 0 Å². The molecule has 1 saturated heterocycles. The standard InChI is InChI=1S/C18H22F2N4O/c1-12-9-17(23(2)22-12)18(25)21-15-5-7-24(8-6-15)11-13-10-14(19)3-4-16(13)20/h3-4,9-10,15H,5-8,11H2,1-2H3,(H,21,25). The number of hydrogen-bond acceptors (Lipinski definition) is 3. The quantitative estimate of drug-likeness (QED) is 0.923. The molecule has 0 atom stereocenters. The second-order valence-corrected chi connectivity index (χ2v) is 6.55. The van der Waals surface area contributed by atoms with Crippen molar-refractivity contribution in [2.75, 3.05) is 13.1 Å². The van der Waals surface area contributed by atoms with Crippen molar-refractivity contribution in [2.45, 2.75) is 32.4 Å². The fourth-order valence-electron chi connectivity index (χ4n) is 3.22. The Bertz CT molecular complexity index is 766. The Morgan fingerprint density at radius 2 is 2.00 bits per heavy atom. The molecular formula is C18H22F2N4O. The van der Waals surface area contributed by atoms with Gasteiger partial charge in [0.15, 0.2) is 0 Å². The topological polar surface area (TPSA) is 50.2 Å². The minimum Gasteiger partial charge on any atom is -0.348 e. The fraction of sp³-hybridized carbons (Fsp3) is 0.444. The lowest BCUT2D eigenvalue weighted by Gasteiger charge is -2.32. The molecule has 25 heavy (non-hydrogen) atoms. The van der Waals surface area contributed by atoms with Crippen molar-refractivity contribution in [3.8, 4) is 0 Å². The number of nitrogens with one attached hydrogen (secondary N) is 1. The fourth-order valence-corrected chi connectivity index (χ4v) is 3.22. The highest BCUT2D eigenvalue weighted by atomic mass is 19.1. The zero-order valence-corrected chi connectivity index (χ0v) is 14.4. The predicted molar refractivity (Wildman–Crippen MR) is 90.1 cm³/mol. The van der Waals surface area contributed by atoms with E-state index in [0.29, 0.717) is 17.8 Å². The van der Waals surface area contributed by atoms with Crippen LogP contribution in [0.2, 0.25) is 0 Å². The minimum atomic E-state index is -0.426. The summed E-state index contributed by atoms with van der Waals surface area (Å²) >= 11 is 0. The predicted octanol–water partition coefficient (Wildman–Crippen LogP) is 2.40. The number of hydrogen-bond donors (Lipinski definition) is 1. The Labute approximate surface area is 145 Å². The lowest BCUT2D eigenvalue weighted by molar-refractivity contribution is 0.0899. The van der Waals surface area contributed by atoms with Crippen molar-refractivity contribution in [2.24, 2.45) is 7.05 Å². The molecule has 0 bridgehead atoms. The third-order valence-electron chi connectivity index (χ3n) is 4.56. The molecule has 2 aromatic rings. The van der Waals surface area contributed by atoms with Gasteiger partial charge in [-0.3, -0.25) is 14.4 Å². The molecular weight excluding hydrogens is 326 g/mol. The first-order chi connectivity index (χ1) is 11.9. The van der Waals surface area contributed by atoms with Crippen LogP contribution in [0.15, 0.2) is 24.3 Å². The first-order valence-corrected chi connectivity index (χ1v) is 8.40. The van der Waals surface area contributed by atoms with Crippen LogP contribution in [-0.2, 0) is 13.6 Å². The highest BCUT2D eigenvalue weighted by Gasteiger charge is 2.23. The number of carbonyl (C=O) groups is 1. The van der Waals surface area contributed by atoms with Crippen LogP contribution in [0.4, 0.5) is 8.78 Å². The van der Waals surface area contributed by atoms with Crippen LogP contribution in [0.5, 0.6) is 0 Å². The van der Waals surface area contributed by atoms with E-state index in [-0.39, 0.29) is 17.8 Å². The summed E-state index contributed by atoms with van der Waals surface area (Å²) in [5.41, 5.74) is 1.72.